The van der Waals surface area contributed by atoms with Gasteiger partial charge in [0.15, 0.2) is 0 Å². The predicted molar refractivity (Wildman–Crippen MR) is 76.0 cm³/mol. The number of methoxy groups -OCH3 is 1. The van der Waals surface area contributed by atoms with Crippen molar-refractivity contribution in [1.82, 2.24) is 4.90 Å². The minimum Gasteiger partial charge on any atom is -0.399 e. The van der Waals surface area contributed by atoms with E-state index in [9.17, 15) is 4.79 Å². The van der Waals surface area contributed by atoms with E-state index in [2.05, 4.69) is 10.2 Å². The molecule has 0 aliphatic heterocycles. The van der Waals surface area contributed by atoms with Gasteiger partial charge in [-0.05, 0) is 31.0 Å². The maximum Gasteiger partial charge on any atom is 0.238 e. The molecule has 0 spiro atoms. The monoisotopic (exact) mass is 263 g/mol. The highest BCUT2D eigenvalue weighted by Crippen LogP contribution is 2.26. The van der Waals surface area contributed by atoms with Gasteiger partial charge in [-0.25, -0.2) is 0 Å². The average Bonchev–Trinajstić information content (AvgIpc) is 3.18. The van der Waals surface area contributed by atoms with Crippen LogP contribution in [0.25, 0.3) is 0 Å². The van der Waals surface area contributed by atoms with Crippen molar-refractivity contribution in [1.29, 1.82) is 0 Å². The molecule has 5 heteroatoms. The Morgan fingerprint density at radius 3 is 2.95 bits per heavy atom. The molecule has 5 nitrogen and oxygen atoms in total. The quantitative estimate of drug-likeness (QED) is 0.728. The molecule has 0 radical (unpaired) electrons. The molecule has 0 unspecified atom stereocenters. The number of benzene rings is 1. The van der Waals surface area contributed by atoms with Gasteiger partial charge in [-0.15, -0.1) is 0 Å². The molecule has 0 saturated heterocycles. The smallest absolute Gasteiger partial charge is 0.238 e. The van der Waals surface area contributed by atoms with Gasteiger partial charge in [0.25, 0.3) is 0 Å². The topological polar surface area (TPSA) is 67.6 Å². The van der Waals surface area contributed by atoms with Crippen molar-refractivity contribution in [2.45, 2.75) is 18.9 Å². The molecule has 1 aromatic carbocycles. The van der Waals surface area contributed by atoms with Crippen LogP contribution in [0.2, 0.25) is 0 Å². The first-order chi connectivity index (χ1) is 9.19. The van der Waals surface area contributed by atoms with E-state index in [1.807, 2.05) is 12.1 Å². The Balaban J connectivity index is 1.85. The summed E-state index contributed by atoms with van der Waals surface area (Å²) < 4.78 is 5.08. The third-order valence-corrected chi connectivity index (χ3v) is 3.16. The summed E-state index contributed by atoms with van der Waals surface area (Å²) in [7, 11) is 1.68. The molecule has 19 heavy (non-hydrogen) atoms. The van der Waals surface area contributed by atoms with E-state index >= 15 is 0 Å². The molecule has 0 heterocycles. The van der Waals surface area contributed by atoms with Gasteiger partial charge >= 0.3 is 0 Å². The molecule has 0 bridgehead atoms. The number of ether oxygens (including phenoxy) is 1. The lowest BCUT2D eigenvalue weighted by Crippen LogP contribution is -2.37. The number of hydrogen-bond acceptors (Lipinski definition) is 4. The first kappa shape index (κ1) is 13.8. The molecule has 0 aromatic heterocycles. The normalized spacial score (nSPS) is 14.6. The third kappa shape index (κ3) is 4.54. The van der Waals surface area contributed by atoms with Crippen molar-refractivity contribution in [3.63, 3.8) is 0 Å². The number of nitrogens with zero attached hydrogens (tertiary/aromatic N) is 1. The van der Waals surface area contributed by atoms with Crippen LogP contribution in [0, 0.1) is 0 Å². The second-order valence-corrected chi connectivity index (χ2v) is 4.87. The Morgan fingerprint density at radius 1 is 1.53 bits per heavy atom. The molecule has 0 atom stereocenters. The van der Waals surface area contributed by atoms with E-state index < -0.39 is 0 Å². The summed E-state index contributed by atoms with van der Waals surface area (Å²) in [6.45, 7) is 1.86. The maximum atomic E-state index is 12.0. The van der Waals surface area contributed by atoms with Crippen LogP contribution < -0.4 is 11.1 Å². The number of anilines is 2. The van der Waals surface area contributed by atoms with Gasteiger partial charge < -0.3 is 15.8 Å². The molecule has 104 valence electrons. The van der Waals surface area contributed by atoms with E-state index in [0.29, 0.717) is 24.9 Å². The zero-order chi connectivity index (χ0) is 13.7. The van der Waals surface area contributed by atoms with Crippen LogP contribution in [0.4, 0.5) is 11.4 Å². The Bertz CT molecular complexity index is 432. The van der Waals surface area contributed by atoms with Gasteiger partial charge in [0, 0.05) is 31.1 Å². The summed E-state index contributed by atoms with van der Waals surface area (Å²) in [6.07, 6.45) is 2.35. The maximum absolute atomic E-state index is 12.0. The number of hydrogen-bond donors (Lipinski definition) is 2. The molecule has 1 amide bonds. The highest BCUT2D eigenvalue weighted by atomic mass is 16.5. The molecule has 1 aromatic rings. The van der Waals surface area contributed by atoms with Crippen molar-refractivity contribution in [3.05, 3.63) is 24.3 Å². The van der Waals surface area contributed by atoms with Crippen LogP contribution in [0.15, 0.2) is 24.3 Å². The molecule has 1 fully saturated rings. The lowest BCUT2D eigenvalue weighted by atomic mass is 10.3. The first-order valence-corrected chi connectivity index (χ1v) is 6.57. The van der Waals surface area contributed by atoms with Gasteiger partial charge in [-0.2, -0.15) is 0 Å². The Kier molecular flexibility index (Phi) is 4.76. The van der Waals surface area contributed by atoms with E-state index in [-0.39, 0.29) is 5.91 Å². The SMILES string of the molecule is COCCN(CC(=O)Nc1cccc(N)c1)C1CC1. The highest BCUT2D eigenvalue weighted by molar-refractivity contribution is 5.92. The molecular weight excluding hydrogens is 242 g/mol. The van der Waals surface area contributed by atoms with Crippen LogP contribution in [0.3, 0.4) is 0 Å². The molecule has 1 aliphatic carbocycles. The summed E-state index contributed by atoms with van der Waals surface area (Å²) in [5.74, 6) is -0.00592. The lowest BCUT2D eigenvalue weighted by molar-refractivity contribution is -0.117. The zero-order valence-corrected chi connectivity index (χ0v) is 11.3. The first-order valence-electron chi connectivity index (χ1n) is 6.57. The minimum absolute atomic E-state index is 0.00592. The number of amides is 1. The third-order valence-electron chi connectivity index (χ3n) is 3.16. The summed E-state index contributed by atoms with van der Waals surface area (Å²) in [5, 5.41) is 2.87. The van der Waals surface area contributed by atoms with Crippen LogP contribution in [0.5, 0.6) is 0 Å². The van der Waals surface area contributed by atoms with E-state index in [4.69, 9.17) is 10.5 Å². The van der Waals surface area contributed by atoms with Crippen molar-refractivity contribution < 1.29 is 9.53 Å². The second kappa shape index (κ2) is 6.54. The van der Waals surface area contributed by atoms with Gasteiger partial charge in [-0.1, -0.05) is 6.07 Å². The number of nitrogens with one attached hydrogen (secondary N) is 1. The largest absolute Gasteiger partial charge is 0.399 e. The summed E-state index contributed by atoms with van der Waals surface area (Å²) >= 11 is 0. The number of carbonyl (C=O) groups is 1. The van der Waals surface area contributed by atoms with Crippen molar-refractivity contribution in [2.75, 3.05) is 37.9 Å². The molecule has 2 rings (SSSR count). The Morgan fingerprint density at radius 2 is 2.32 bits per heavy atom. The molecular formula is C14H21N3O2. The number of rotatable bonds is 7. The molecule has 3 N–H and O–H groups in total. The zero-order valence-electron chi connectivity index (χ0n) is 11.3. The fourth-order valence-corrected chi connectivity index (χ4v) is 2.04. The van der Waals surface area contributed by atoms with Crippen LogP contribution in [-0.4, -0.2) is 43.7 Å². The van der Waals surface area contributed by atoms with Crippen molar-refractivity contribution >= 4 is 17.3 Å². The number of nitrogens with two attached hydrogens (primary N) is 1. The Labute approximate surface area is 113 Å². The number of carbonyl (C=O) groups excluding carboxylic acids is 1. The van der Waals surface area contributed by atoms with Crippen molar-refractivity contribution in [2.24, 2.45) is 0 Å². The van der Waals surface area contributed by atoms with Crippen LogP contribution in [0.1, 0.15) is 12.8 Å². The standard InChI is InChI=1S/C14H21N3O2/c1-19-8-7-17(13-5-6-13)10-14(18)16-12-4-2-3-11(15)9-12/h2-4,9,13H,5-8,10,15H2,1H3,(H,16,18). The number of nitrogen functional groups attached to an aromatic ring is 1. The van der Waals surface area contributed by atoms with E-state index in [1.54, 1.807) is 19.2 Å². The van der Waals surface area contributed by atoms with Gasteiger partial charge in [0.05, 0.1) is 13.2 Å². The fourth-order valence-electron chi connectivity index (χ4n) is 2.04. The van der Waals surface area contributed by atoms with E-state index in [1.165, 1.54) is 12.8 Å². The van der Waals surface area contributed by atoms with Gasteiger partial charge in [0.2, 0.25) is 5.91 Å². The van der Waals surface area contributed by atoms with Gasteiger partial charge in [-0.3, -0.25) is 9.69 Å². The van der Waals surface area contributed by atoms with Crippen LogP contribution in [-0.2, 0) is 9.53 Å². The average molecular weight is 263 g/mol. The molecule has 1 aliphatic rings. The summed E-state index contributed by atoms with van der Waals surface area (Å²) in [4.78, 5) is 14.2. The van der Waals surface area contributed by atoms with Gasteiger partial charge in [0.1, 0.15) is 0 Å². The van der Waals surface area contributed by atoms with Crippen molar-refractivity contribution in [3.8, 4) is 0 Å². The Hall–Kier alpha value is -1.59. The van der Waals surface area contributed by atoms with Crippen LogP contribution >= 0.6 is 0 Å². The molecule has 1 saturated carbocycles. The second-order valence-electron chi connectivity index (χ2n) is 4.87. The minimum atomic E-state index is -0.00592. The predicted octanol–water partition coefficient (Wildman–Crippen LogP) is 1.32. The summed E-state index contributed by atoms with van der Waals surface area (Å²) in [5.41, 5.74) is 7.07. The highest BCUT2D eigenvalue weighted by Gasteiger charge is 2.29. The fraction of sp³-hybridized carbons (Fsp3) is 0.500. The van der Waals surface area contributed by atoms with E-state index in [0.717, 1.165) is 12.2 Å². The summed E-state index contributed by atoms with van der Waals surface area (Å²) in [6, 6.07) is 7.76. The lowest BCUT2D eigenvalue weighted by Gasteiger charge is -2.20.